The van der Waals surface area contributed by atoms with Crippen molar-refractivity contribution < 1.29 is 0 Å². The van der Waals surface area contributed by atoms with E-state index in [9.17, 15) is 0 Å². The highest BCUT2D eigenvalue weighted by molar-refractivity contribution is 6.30. The molecule has 2 aromatic rings. The Morgan fingerprint density at radius 3 is 2.29 bits per heavy atom. The molecular formula is C17H26ClN3. The average molecular weight is 308 g/mol. The molecular weight excluding hydrogens is 282 g/mol. The number of nitrogens with one attached hydrogen (secondary N) is 1. The number of aromatic nitrogens is 2. The van der Waals surface area contributed by atoms with Crippen molar-refractivity contribution in [3.8, 4) is 0 Å². The molecule has 0 radical (unpaired) electrons. The van der Waals surface area contributed by atoms with Gasteiger partial charge in [0.15, 0.2) is 5.95 Å². The van der Waals surface area contributed by atoms with Gasteiger partial charge in [0.2, 0.25) is 0 Å². The molecule has 0 unspecified atom stereocenters. The van der Waals surface area contributed by atoms with Gasteiger partial charge in [0.05, 0.1) is 0 Å². The number of imidazole rings is 1. The fourth-order valence-corrected chi connectivity index (χ4v) is 2.39. The first-order valence-electron chi connectivity index (χ1n) is 7.41. The minimum Gasteiger partial charge on any atom is -0.369 e. The van der Waals surface area contributed by atoms with Gasteiger partial charge in [0.25, 0.3) is 0 Å². The highest BCUT2D eigenvalue weighted by Crippen LogP contribution is 2.58. The molecule has 0 saturated heterocycles. The normalized spacial score (nSPS) is 17.9. The molecule has 1 aliphatic carbocycles. The van der Waals surface area contributed by atoms with E-state index < -0.39 is 0 Å². The van der Waals surface area contributed by atoms with Crippen LogP contribution in [-0.4, -0.2) is 9.97 Å². The summed E-state index contributed by atoms with van der Waals surface area (Å²) in [6.45, 7) is 10.5. The van der Waals surface area contributed by atoms with Crippen LogP contribution in [0.15, 0.2) is 30.5 Å². The standard InChI is InChI=1S/C11H13Cl.C4H7N3.C2H6/c1-11(2)7-10(11)8-4-3-5-9(12)6-8;1-3-2-6-4(5)7-3;1-2/h3-6,10H,7H2,1-2H3;2H,1H3,(H3,5,6,7);1-2H3/t10-;;/m0../s1. The molecule has 1 saturated carbocycles. The SMILES string of the molecule is CC.CC1(C)C[C@H]1c1cccc(Cl)c1.Cc1cnc(N)[nH]1. The van der Waals surface area contributed by atoms with E-state index in [-0.39, 0.29) is 0 Å². The van der Waals surface area contributed by atoms with Gasteiger partial charge in [-0.1, -0.05) is 51.4 Å². The van der Waals surface area contributed by atoms with Gasteiger partial charge >= 0.3 is 0 Å². The van der Waals surface area contributed by atoms with Crippen LogP contribution >= 0.6 is 11.6 Å². The van der Waals surface area contributed by atoms with E-state index >= 15 is 0 Å². The first-order chi connectivity index (χ1) is 9.88. The topological polar surface area (TPSA) is 54.7 Å². The fourth-order valence-electron chi connectivity index (χ4n) is 2.19. The molecule has 3 rings (SSSR count). The van der Waals surface area contributed by atoms with Crippen LogP contribution in [0.2, 0.25) is 5.02 Å². The number of anilines is 1. The molecule has 1 aliphatic rings. The molecule has 116 valence electrons. The summed E-state index contributed by atoms with van der Waals surface area (Å²) in [4.78, 5) is 6.54. The Morgan fingerprint density at radius 1 is 1.33 bits per heavy atom. The molecule has 4 heteroatoms. The Balaban J connectivity index is 0.000000210. The molecule has 1 aromatic heterocycles. The van der Waals surface area contributed by atoms with Crippen LogP contribution in [0.1, 0.15) is 51.3 Å². The summed E-state index contributed by atoms with van der Waals surface area (Å²) in [5.74, 6) is 1.22. The third kappa shape index (κ3) is 5.43. The van der Waals surface area contributed by atoms with Crippen molar-refractivity contribution in [2.45, 2.75) is 47.0 Å². The number of aromatic amines is 1. The monoisotopic (exact) mass is 307 g/mol. The van der Waals surface area contributed by atoms with E-state index in [2.05, 4.69) is 35.9 Å². The Hall–Kier alpha value is -1.48. The van der Waals surface area contributed by atoms with Crippen LogP contribution in [0.4, 0.5) is 5.95 Å². The number of H-pyrrole nitrogens is 1. The fraction of sp³-hybridized carbons (Fsp3) is 0.471. The lowest BCUT2D eigenvalue weighted by Gasteiger charge is -2.03. The Kier molecular flexibility index (Phi) is 6.28. The minimum atomic E-state index is 0.484. The molecule has 3 nitrogen and oxygen atoms in total. The molecule has 3 N–H and O–H groups in total. The van der Waals surface area contributed by atoms with Crippen molar-refractivity contribution in [1.29, 1.82) is 0 Å². The average Bonchev–Trinajstić information content (AvgIpc) is 2.91. The van der Waals surface area contributed by atoms with Crippen molar-refractivity contribution in [3.63, 3.8) is 0 Å². The number of nitrogen functional groups attached to an aromatic ring is 1. The van der Waals surface area contributed by atoms with Crippen molar-refractivity contribution in [2.75, 3.05) is 5.73 Å². The van der Waals surface area contributed by atoms with Crippen molar-refractivity contribution in [2.24, 2.45) is 5.41 Å². The third-order valence-corrected chi connectivity index (χ3v) is 3.72. The quantitative estimate of drug-likeness (QED) is 0.762. The summed E-state index contributed by atoms with van der Waals surface area (Å²) < 4.78 is 0. The second-order valence-corrected chi connectivity index (χ2v) is 6.19. The zero-order chi connectivity index (χ0) is 16.0. The molecule has 1 heterocycles. The molecule has 1 atom stereocenters. The molecule has 21 heavy (non-hydrogen) atoms. The molecule has 0 bridgehead atoms. The highest BCUT2D eigenvalue weighted by atomic mass is 35.5. The van der Waals surface area contributed by atoms with E-state index in [1.165, 1.54) is 12.0 Å². The Bertz CT molecular complexity index is 544. The molecule has 0 spiro atoms. The maximum Gasteiger partial charge on any atom is 0.197 e. The van der Waals surface area contributed by atoms with E-state index in [0.29, 0.717) is 11.4 Å². The lowest BCUT2D eigenvalue weighted by molar-refractivity contribution is 0.622. The van der Waals surface area contributed by atoms with E-state index in [0.717, 1.165) is 16.6 Å². The highest BCUT2D eigenvalue weighted by Gasteiger charge is 2.46. The molecule has 0 aliphatic heterocycles. The van der Waals surface area contributed by atoms with Gasteiger partial charge in [-0.05, 0) is 42.4 Å². The summed E-state index contributed by atoms with van der Waals surface area (Å²) in [5, 5.41) is 0.857. The number of hydrogen-bond acceptors (Lipinski definition) is 2. The van der Waals surface area contributed by atoms with Gasteiger partial charge in [-0.25, -0.2) is 4.98 Å². The van der Waals surface area contributed by atoms with Crippen LogP contribution in [0.5, 0.6) is 0 Å². The van der Waals surface area contributed by atoms with Crippen molar-refractivity contribution in [3.05, 3.63) is 46.7 Å². The Labute approximate surface area is 132 Å². The first kappa shape index (κ1) is 17.6. The summed E-state index contributed by atoms with van der Waals surface area (Å²) in [6.07, 6.45) is 2.99. The van der Waals surface area contributed by atoms with Crippen molar-refractivity contribution >= 4 is 17.5 Å². The second kappa shape index (κ2) is 7.51. The van der Waals surface area contributed by atoms with Gasteiger partial charge in [-0.2, -0.15) is 0 Å². The predicted octanol–water partition coefficient (Wildman–Crippen LogP) is 5.18. The number of halogens is 1. The summed E-state index contributed by atoms with van der Waals surface area (Å²) in [5.41, 5.74) is 8.11. The van der Waals surface area contributed by atoms with Crippen LogP contribution in [0.3, 0.4) is 0 Å². The van der Waals surface area contributed by atoms with E-state index in [1.807, 2.05) is 32.9 Å². The lowest BCUT2D eigenvalue weighted by Crippen LogP contribution is -1.88. The smallest absolute Gasteiger partial charge is 0.197 e. The van der Waals surface area contributed by atoms with Gasteiger partial charge in [-0.3, -0.25) is 0 Å². The van der Waals surface area contributed by atoms with E-state index in [1.54, 1.807) is 6.20 Å². The zero-order valence-corrected chi connectivity index (χ0v) is 14.3. The molecule has 1 aromatic carbocycles. The number of nitrogens with zero attached hydrogens (tertiary/aromatic N) is 1. The molecule has 1 fully saturated rings. The number of hydrogen-bond donors (Lipinski definition) is 2. The number of benzene rings is 1. The maximum absolute atomic E-state index is 5.91. The summed E-state index contributed by atoms with van der Waals surface area (Å²) in [7, 11) is 0. The number of rotatable bonds is 1. The maximum atomic E-state index is 5.91. The van der Waals surface area contributed by atoms with Gasteiger partial charge in [0, 0.05) is 16.9 Å². The first-order valence-corrected chi connectivity index (χ1v) is 7.79. The van der Waals surface area contributed by atoms with Gasteiger partial charge < -0.3 is 10.7 Å². The van der Waals surface area contributed by atoms with Crippen LogP contribution < -0.4 is 5.73 Å². The largest absolute Gasteiger partial charge is 0.369 e. The lowest BCUT2D eigenvalue weighted by atomic mass is 10.0. The van der Waals surface area contributed by atoms with Gasteiger partial charge in [-0.15, -0.1) is 0 Å². The predicted molar refractivity (Wildman–Crippen MR) is 91.7 cm³/mol. The van der Waals surface area contributed by atoms with Crippen LogP contribution in [-0.2, 0) is 0 Å². The molecule has 0 amide bonds. The van der Waals surface area contributed by atoms with Crippen molar-refractivity contribution in [1.82, 2.24) is 9.97 Å². The third-order valence-electron chi connectivity index (χ3n) is 3.49. The van der Waals surface area contributed by atoms with Gasteiger partial charge in [0.1, 0.15) is 0 Å². The number of nitrogens with two attached hydrogens (primary N) is 1. The van der Waals surface area contributed by atoms with Crippen LogP contribution in [0.25, 0.3) is 0 Å². The summed E-state index contributed by atoms with van der Waals surface area (Å²) >= 11 is 5.91. The van der Waals surface area contributed by atoms with E-state index in [4.69, 9.17) is 17.3 Å². The number of aryl methyl sites for hydroxylation is 1. The van der Waals surface area contributed by atoms with Crippen LogP contribution in [0, 0.1) is 12.3 Å². The minimum absolute atomic E-state index is 0.484. The zero-order valence-electron chi connectivity index (χ0n) is 13.6. The summed E-state index contributed by atoms with van der Waals surface area (Å²) in [6, 6.07) is 8.22. The second-order valence-electron chi connectivity index (χ2n) is 5.75. The Morgan fingerprint density at radius 2 is 1.95 bits per heavy atom.